The van der Waals surface area contributed by atoms with E-state index in [0.29, 0.717) is 35.2 Å². The van der Waals surface area contributed by atoms with Crippen molar-refractivity contribution in [3.05, 3.63) is 52.8 Å². The van der Waals surface area contributed by atoms with Crippen molar-refractivity contribution >= 4 is 34.4 Å². The van der Waals surface area contributed by atoms with Crippen LogP contribution in [-0.4, -0.2) is 50.1 Å². The molecule has 1 aliphatic heterocycles. The predicted octanol–water partition coefficient (Wildman–Crippen LogP) is 3.62. The Bertz CT molecular complexity index is 1170. The first-order chi connectivity index (χ1) is 14.7. The highest BCUT2D eigenvalue weighted by Crippen LogP contribution is 2.26. The van der Waals surface area contributed by atoms with Crippen LogP contribution in [-0.2, 0) is 11.2 Å². The van der Waals surface area contributed by atoms with Gasteiger partial charge in [0.1, 0.15) is 16.7 Å². The molecule has 2 aromatic heterocycles. The number of nitrogens with zero attached hydrogens (tertiary/aromatic N) is 4. The van der Waals surface area contributed by atoms with E-state index >= 15 is 0 Å². The summed E-state index contributed by atoms with van der Waals surface area (Å²) >= 11 is 6.19. The summed E-state index contributed by atoms with van der Waals surface area (Å²) in [6.07, 6.45) is 0.728. The molecule has 31 heavy (non-hydrogen) atoms. The monoisotopic (exact) mass is 439 g/mol. The van der Waals surface area contributed by atoms with Gasteiger partial charge < -0.3 is 10.2 Å². The van der Waals surface area contributed by atoms with Gasteiger partial charge in [0, 0.05) is 18.1 Å². The van der Waals surface area contributed by atoms with Gasteiger partial charge >= 0.3 is 0 Å². The molecular formula is C23H26ClN5O2. The lowest BCUT2D eigenvalue weighted by Crippen LogP contribution is -2.63. The van der Waals surface area contributed by atoms with Gasteiger partial charge in [-0.15, -0.1) is 0 Å². The number of aromatic nitrogens is 3. The molecule has 0 spiro atoms. The van der Waals surface area contributed by atoms with Crippen molar-refractivity contribution in [3.63, 3.8) is 0 Å². The van der Waals surface area contributed by atoms with Crippen molar-refractivity contribution in [3.8, 4) is 5.69 Å². The van der Waals surface area contributed by atoms with Crippen LogP contribution in [0.15, 0.2) is 36.4 Å². The van der Waals surface area contributed by atoms with Gasteiger partial charge in [-0.1, -0.05) is 31.5 Å². The van der Waals surface area contributed by atoms with Crippen molar-refractivity contribution in [2.24, 2.45) is 5.92 Å². The van der Waals surface area contributed by atoms with Gasteiger partial charge in [-0.05, 0) is 56.5 Å². The molecule has 8 heteroatoms. The fourth-order valence-electron chi connectivity index (χ4n) is 3.90. The fraction of sp³-hybridized carbons (Fsp3) is 0.391. The molecule has 3 aromatic rings. The second-order valence-electron chi connectivity index (χ2n) is 8.77. The van der Waals surface area contributed by atoms with Crippen molar-refractivity contribution in [1.82, 2.24) is 25.0 Å². The van der Waals surface area contributed by atoms with Crippen LogP contribution < -0.4 is 5.32 Å². The zero-order valence-corrected chi connectivity index (χ0v) is 18.9. The van der Waals surface area contributed by atoms with Crippen molar-refractivity contribution in [1.29, 1.82) is 0 Å². The number of piperazine rings is 1. The summed E-state index contributed by atoms with van der Waals surface area (Å²) in [6, 6.07) is 11.0. The lowest BCUT2D eigenvalue weighted by Gasteiger charge is -2.40. The third-order valence-electron chi connectivity index (χ3n) is 5.57. The van der Waals surface area contributed by atoms with Crippen LogP contribution in [0, 0.1) is 5.92 Å². The van der Waals surface area contributed by atoms with Crippen LogP contribution in [0.3, 0.4) is 0 Å². The van der Waals surface area contributed by atoms with Crippen molar-refractivity contribution in [2.75, 3.05) is 13.1 Å². The number of nitrogens with one attached hydrogen (secondary N) is 1. The molecule has 0 radical (unpaired) electrons. The third kappa shape index (κ3) is 3.90. The van der Waals surface area contributed by atoms with Crippen LogP contribution in [0.4, 0.5) is 0 Å². The lowest BCUT2D eigenvalue weighted by molar-refractivity contribution is -0.133. The quantitative estimate of drug-likeness (QED) is 0.673. The van der Waals surface area contributed by atoms with E-state index in [1.165, 1.54) is 0 Å². The summed E-state index contributed by atoms with van der Waals surface area (Å²) in [5, 5.41) is 8.24. The maximum absolute atomic E-state index is 13.3. The Morgan fingerprint density at radius 1 is 1.26 bits per heavy atom. The number of hydrogen-bond acceptors (Lipinski definition) is 4. The van der Waals surface area contributed by atoms with Gasteiger partial charge in [0.2, 0.25) is 5.91 Å². The molecule has 1 fully saturated rings. The van der Waals surface area contributed by atoms with E-state index < -0.39 is 5.54 Å². The third-order valence-corrected chi connectivity index (χ3v) is 5.80. The summed E-state index contributed by atoms with van der Waals surface area (Å²) < 4.78 is 1.82. The molecule has 162 valence electrons. The summed E-state index contributed by atoms with van der Waals surface area (Å²) in [6.45, 7) is 8.61. The molecule has 0 saturated carbocycles. The number of pyridine rings is 1. The van der Waals surface area contributed by atoms with E-state index in [0.717, 1.165) is 23.3 Å². The number of amides is 2. The molecule has 1 aliphatic rings. The number of hydrogen-bond donors (Lipinski definition) is 1. The minimum absolute atomic E-state index is 0.164. The predicted molar refractivity (Wildman–Crippen MR) is 121 cm³/mol. The lowest BCUT2D eigenvalue weighted by atomic mass is 9.98. The normalized spacial score (nSPS) is 16.1. The zero-order valence-electron chi connectivity index (χ0n) is 18.1. The van der Waals surface area contributed by atoms with Gasteiger partial charge in [-0.25, -0.2) is 9.67 Å². The summed E-state index contributed by atoms with van der Waals surface area (Å²) in [5.74, 6) is -0.0491. The highest BCUT2D eigenvalue weighted by molar-refractivity contribution is 6.30. The molecule has 2 amide bonds. The van der Waals surface area contributed by atoms with Crippen LogP contribution in [0.2, 0.25) is 5.02 Å². The van der Waals surface area contributed by atoms with Gasteiger partial charge in [0.05, 0.1) is 16.9 Å². The molecule has 3 heterocycles. The molecule has 7 nitrogen and oxygen atoms in total. The maximum Gasteiger partial charge on any atom is 0.273 e. The Hall–Kier alpha value is -2.93. The highest BCUT2D eigenvalue weighted by atomic mass is 35.5. The Morgan fingerprint density at radius 3 is 2.74 bits per heavy atom. The average molecular weight is 440 g/mol. The standard InChI is InChI=1S/C23H26ClN5O2/c1-14(2)12-18-20-19(29(27-18)16-7-5-6-15(24)13-16)9-8-17(26-20)21(30)28-11-10-25-22(31)23(28,3)4/h5-9,13-14H,10-12H2,1-4H3,(H,25,31). The topological polar surface area (TPSA) is 80.1 Å². The Morgan fingerprint density at radius 2 is 2.03 bits per heavy atom. The SMILES string of the molecule is CC(C)Cc1nn(-c2cccc(Cl)c2)c2ccc(C(=O)N3CCNC(=O)C3(C)C)nc12. The number of carbonyl (C=O) groups is 2. The van der Waals surface area contributed by atoms with E-state index in [2.05, 4.69) is 19.2 Å². The molecule has 4 rings (SSSR count). The van der Waals surface area contributed by atoms with Crippen LogP contribution in [0.5, 0.6) is 0 Å². The second kappa shape index (κ2) is 7.96. The van der Waals surface area contributed by atoms with E-state index in [4.69, 9.17) is 21.7 Å². The molecule has 0 atom stereocenters. The molecule has 0 bridgehead atoms. The van der Waals surface area contributed by atoms with E-state index in [1.807, 2.05) is 35.0 Å². The van der Waals surface area contributed by atoms with Crippen molar-refractivity contribution < 1.29 is 9.59 Å². The molecule has 1 saturated heterocycles. The van der Waals surface area contributed by atoms with E-state index in [-0.39, 0.29) is 11.8 Å². The summed E-state index contributed by atoms with van der Waals surface area (Å²) in [5.41, 5.74) is 2.55. The van der Waals surface area contributed by atoms with Crippen molar-refractivity contribution in [2.45, 2.75) is 39.7 Å². The number of carbonyl (C=O) groups excluding carboxylic acids is 2. The number of halogens is 1. The number of benzene rings is 1. The first-order valence-electron chi connectivity index (χ1n) is 10.4. The van der Waals surface area contributed by atoms with Crippen LogP contribution in [0.25, 0.3) is 16.7 Å². The zero-order chi connectivity index (χ0) is 22.3. The van der Waals surface area contributed by atoms with Crippen LogP contribution in [0.1, 0.15) is 43.9 Å². The smallest absolute Gasteiger partial charge is 0.273 e. The summed E-state index contributed by atoms with van der Waals surface area (Å²) in [4.78, 5) is 31.9. The first kappa shape index (κ1) is 21.3. The van der Waals surface area contributed by atoms with Gasteiger partial charge in [0.15, 0.2) is 0 Å². The number of fused-ring (bicyclic) bond motifs is 1. The Kier molecular flexibility index (Phi) is 5.47. The van der Waals surface area contributed by atoms with Crippen LogP contribution >= 0.6 is 11.6 Å². The molecule has 1 aromatic carbocycles. The highest BCUT2D eigenvalue weighted by Gasteiger charge is 2.41. The average Bonchev–Trinajstić information content (AvgIpc) is 3.06. The second-order valence-corrected chi connectivity index (χ2v) is 9.21. The minimum atomic E-state index is -0.933. The van der Waals surface area contributed by atoms with Gasteiger partial charge in [-0.2, -0.15) is 5.10 Å². The molecule has 0 aliphatic carbocycles. The molecule has 1 N–H and O–H groups in total. The largest absolute Gasteiger partial charge is 0.352 e. The first-order valence-corrected chi connectivity index (χ1v) is 10.8. The van der Waals surface area contributed by atoms with Gasteiger partial charge in [0.25, 0.3) is 5.91 Å². The fourth-order valence-corrected chi connectivity index (χ4v) is 4.08. The van der Waals surface area contributed by atoms with E-state index in [9.17, 15) is 9.59 Å². The molecule has 0 unspecified atom stereocenters. The van der Waals surface area contributed by atoms with E-state index in [1.54, 1.807) is 24.8 Å². The Labute approximate surface area is 186 Å². The molecular weight excluding hydrogens is 414 g/mol. The minimum Gasteiger partial charge on any atom is -0.352 e. The number of rotatable bonds is 4. The maximum atomic E-state index is 13.3. The van der Waals surface area contributed by atoms with Gasteiger partial charge in [-0.3, -0.25) is 9.59 Å². The summed E-state index contributed by atoms with van der Waals surface area (Å²) in [7, 11) is 0. The Balaban J connectivity index is 1.81.